The maximum atomic E-state index is 2.38. The lowest BCUT2D eigenvalue weighted by Gasteiger charge is -2.00. The third-order valence-electron chi connectivity index (χ3n) is 3.74. The first-order chi connectivity index (χ1) is 13.8. The molecule has 0 saturated heterocycles. The van der Waals surface area contributed by atoms with Gasteiger partial charge in [-0.2, -0.15) is 0 Å². The van der Waals surface area contributed by atoms with Gasteiger partial charge in [0, 0.05) is 9.14 Å². The van der Waals surface area contributed by atoms with Crippen LogP contribution in [0, 0.1) is 0 Å². The van der Waals surface area contributed by atoms with Gasteiger partial charge in [-0.25, -0.2) is 0 Å². The van der Waals surface area contributed by atoms with Crippen LogP contribution in [0.4, 0.5) is 0 Å². The average Bonchev–Trinajstić information content (AvgIpc) is 3.32. The Balaban J connectivity index is 1.17. The summed E-state index contributed by atoms with van der Waals surface area (Å²) in [4.78, 5) is 1.38. The van der Waals surface area contributed by atoms with Crippen molar-refractivity contribution in [2.45, 2.75) is 12.8 Å². The molecule has 0 aliphatic carbocycles. The zero-order valence-electron chi connectivity index (χ0n) is 14.6. The third-order valence-corrected chi connectivity index (χ3v) is 17.1. The first-order valence-electron chi connectivity index (χ1n) is 8.73. The van der Waals surface area contributed by atoms with E-state index < -0.39 is 0 Å². The predicted octanol–water partition coefficient (Wildman–Crippen LogP) is 9.79. The van der Waals surface area contributed by atoms with Gasteiger partial charge in [-0.15, -0.1) is 47.0 Å². The van der Waals surface area contributed by atoms with Gasteiger partial charge in [0.25, 0.3) is 0 Å². The maximum Gasteiger partial charge on any atom is 0.0659 e. The second-order valence-electron chi connectivity index (χ2n) is 5.83. The number of rotatable bonds is 2. The van der Waals surface area contributed by atoms with Gasteiger partial charge in [0.1, 0.15) is 0 Å². The summed E-state index contributed by atoms with van der Waals surface area (Å²) in [6, 6.07) is 0. The van der Waals surface area contributed by atoms with E-state index in [1.54, 1.807) is 0 Å². The Kier molecular flexibility index (Phi) is 8.32. The summed E-state index contributed by atoms with van der Waals surface area (Å²) < 4.78 is 10.4. The van der Waals surface area contributed by atoms with Crippen molar-refractivity contribution in [1.29, 1.82) is 0 Å². The summed E-state index contributed by atoms with van der Waals surface area (Å²) in [6.07, 6.45) is 9.67. The lowest BCUT2D eigenvalue weighted by Crippen LogP contribution is -1.78. The fourth-order valence-corrected chi connectivity index (χ4v) is 16.4. The van der Waals surface area contributed by atoms with E-state index in [1.807, 2.05) is 118 Å². The third kappa shape index (κ3) is 5.64. The summed E-state index contributed by atoms with van der Waals surface area (Å²) in [7, 11) is 0. The van der Waals surface area contributed by atoms with E-state index in [9.17, 15) is 0 Å². The summed E-state index contributed by atoms with van der Waals surface area (Å²) in [6.45, 7) is 0. The highest BCUT2D eigenvalue weighted by Gasteiger charge is 2.25. The average molecular weight is 553 g/mol. The smallest absolute Gasteiger partial charge is 0.0659 e. The van der Waals surface area contributed by atoms with Crippen molar-refractivity contribution in [3.8, 4) is 0 Å². The van der Waals surface area contributed by atoms with Gasteiger partial charge in [-0.3, -0.25) is 0 Å². The molecule has 0 amide bonds. The molecule has 0 aromatic rings. The first-order valence-corrected chi connectivity index (χ1v) is 17.6. The highest BCUT2D eigenvalue weighted by molar-refractivity contribution is 8.41. The van der Waals surface area contributed by atoms with Crippen LogP contribution in [-0.4, -0.2) is 23.0 Å². The molecule has 0 fully saturated rings. The topological polar surface area (TPSA) is 0 Å². The van der Waals surface area contributed by atoms with E-state index in [2.05, 4.69) is 23.6 Å². The predicted molar refractivity (Wildman–Crippen MR) is 151 cm³/mol. The molecule has 10 heteroatoms. The fraction of sp³-hybridized carbons (Fsp3) is 0.333. The summed E-state index contributed by atoms with van der Waals surface area (Å²) in [5.41, 5.74) is 0. The molecule has 0 saturated carbocycles. The molecule has 148 valence electrons. The van der Waals surface area contributed by atoms with Crippen molar-refractivity contribution in [1.82, 2.24) is 0 Å². The molecule has 0 aromatic heterocycles. The zero-order valence-corrected chi connectivity index (χ0v) is 22.8. The summed E-state index contributed by atoms with van der Waals surface area (Å²) in [5.74, 6) is 5.08. The Bertz CT molecular complexity index is 804. The molecule has 0 aromatic carbocycles. The van der Waals surface area contributed by atoms with Crippen molar-refractivity contribution < 1.29 is 0 Å². The Labute approximate surface area is 209 Å². The Hall–Kier alpha value is 1.94. The van der Waals surface area contributed by atoms with Crippen LogP contribution in [0.3, 0.4) is 0 Å². The van der Waals surface area contributed by atoms with E-state index in [1.165, 1.54) is 70.4 Å². The normalized spacial score (nSPS) is 27.0. The van der Waals surface area contributed by atoms with Crippen molar-refractivity contribution >= 4 is 118 Å². The monoisotopic (exact) mass is 552 g/mol. The molecule has 0 radical (unpaired) electrons. The Morgan fingerprint density at radius 1 is 0.571 bits per heavy atom. The van der Waals surface area contributed by atoms with Crippen LogP contribution in [-0.2, 0) is 0 Å². The minimum atomic E-state index is 1.27. The minimum absolute atomic E-state index is 1.27. The molecule has 0 bridgehead atoms. The van der Waals surface area contributed by atoms with E-state index in [0.717, 1.165) is 0 Å². The molecule has 0 N–H and O–H groups in total. The van der Waals surface area contributed by atoms with Gasteiger partial charge in [0.2, 0.25) is 0 Å². The molecule has 5 rings (SSSR count). The van der Waals surface area contributed by atoms with Crippen molar-refractivity contribution in [3.05, 3.63) is 58.2 Å². The second-order valence-corrected chi connectivity index (χ2v) is 18.3. The lowest BCUT2D eigenvalue weighted by atomic mass is 10.6. The van der Waals surface area contributed by atoms with E-state index in [4.69, 9.17) is 0 Å². The number of thioether (sulfide) groups is 10. The molecular formula is C18H16S10. The Morgan fingerprint density at radius 3 is 1.64 bits per heavy atom. The van der Waals surface area contributed by atoms with Crippen LogP contribution >= 0.6 is 118 Å². The highest BCUT2D eigenvalue weighted by atomic mass is 32.3. The lowest BCUT2D eigenvalue weighted by molar-refractivity contribution is 1.13. The highest BCUT2D eigenvalue weighted by Crippen LogP contribution is 2.60. The van der Waals surface area contributed by atoms with Crippen molar-refractivity contribution in [2.24, 2.45) is 0 Å². The van der Waals surface area contributed by atoms with Crippen LogP contribution < -0.4 is 0 Å². The number of hydrogen-bond donors (Lipinski definition) is 0. The molecule has 0 nitrogen and oxygen atoms in total. The molecule has 0 unspecified atom stereocenters. The van der Waals surface area contributed by atoms with Gasteiger partial charge >= 0.3 is 0 Å². The molecule has 5 aliphatic rings. The Morgan fingerprint density at radius 2 is 1.07 bits per heavy atom. The largest absolute Gasteiger partial charge is 0.117 e. The standard InChI is InChI=1S/C18H16S10/c1-5-19-15-16(20-6-1)26-13(25-15)4-3-12-23-10-11(24-12)9-14-27-17-18(28-14)22-8-2-7-21-17/h3-4,9-10H,1-2,5-8H2/b12-3-. The summed E-state index contributed by atoms with van der Waals surface area (Å²) in [5, 5.41) is 2.31. The maximum absolute atomic E-state index is 2.38. The fourth-order valence-electron chi connectivity index (χ4n) is 2.50. The second kappa shape index (κ2) is 10.7. The van der Waals surface area contributed by atoms with Crippen molar-refractivity contribution in [3.63, 3.8) is 0 Å². The molecule has 5 heterocycles. The van der Waals surface area contributed by atoms with Gasteiger partial charge in [0.15, 0.2) is 0 Å². The molecule has 5 aliphatic heterocycles. The zero-order chi connectivity index (χ0) is 18.8. The number of hydrogen-bond acceptors (Lipinski definition) is 10. The van der Waals surface area contributed by atoms with E-state index in [0.29, 0.717) is 0 Å². The van der Waals surface area contributed by atoms with Crippen LogP contribution in [0.25, 0.3) is 0 Å². The van der Waals surface area contributed by atoms with Crippen LogP contribution in [0.5, 0.6) is 0 Å². The van der Waals surface area contributed by atoms with Crippen molar-refractivity contribution in [2.75, 3.05) is 23.0 Å². The summed E-state index contributed by atoms with van der Waals surface area (Å²) >= 11 is 19.8. The molecule has 28 heavy (non-hydrogen) atoms. The SMILES string of the molecule is C1=C(C=C2SC3=C(SCCCS3)S2)S/C(=C\C=C2SC3=C(SCCCS3)S2)S1. The van der Waals surface area contributed by atoms with E-state index >= 15 is 0 Å². The van der Waals surface area contributed by atoms with Crippen LogP contribution in [0.2, 0.25) is 0 Å². The van der Waals surface area contributed by atoms with Gasteiger partial charge in [-0.1, -0.05) is 70.6 Å². The minimum Gasteiger partial charge on any atom is -0.117 e. The first kappa shape index (κ1) is 21.8. The molecule has 0 spiro atoms. The van der Waals surface area contributed by atoms with E-state index in [-0.39, 0.29) is 0 Å². The van der Waals surface area contributed by atoms with Gasteiger partial charge < -0.3 is 0 Å². The van der Waals surface area contributed by atoms with Gasteiger partial charge in [0.05, 0.1) is 25.4 Å². The number of allylic oxidation sites excluding steroid dienone is 3. The molecule has 0 atom stereocenters. The molecular weight excluding hydrogens is 537 g/mol. The van der Waals surface area contributed by atoms with Crippen LogP contribution in [0.1, 0.15) is 12.8 Å². The quantitative estimate of drug-likeness (QED) is 0.323. The van der Waals surface area contributed by atoms with Gasteiger partial charge in [-0.05, 0) is 59.5 Å². The van der Waals surface area contributed by atoms with Crippen LogP contribution in [0.15, 0.2) is 58.2 Å².